The van der Waals surface area contributed by atoms with Crippen LogP contribution in [-0.2, 0) is 9.53 Å². The number of Topliss-reactive ketones (excluding diaryl/α,β-unsaturated/α-hetero) is 1. The van der Waals surface area contributed by atoms with Crippen LogP contribution in [0.1, 0.15) is 35.7 Å². The number of rotatable bonds is 3. The maximum atomic E-state index is 12.2. The van der Waals surface area contributed by atoms with Gasteiger partial charge in [-0.3, -0.25) is 9.59 Å². The number of hydrogen-bond acceptors (Lipinski definition) is 3. The first kappa shape index (κ1) is 13.7. The Bertz CT molecular complexity index is 490. The smallest absolute Gasteiger partial charge is 0.229 e. The molecule has 102 valence electrons. The fourth-order valence-electron chi connectivity index (χ4n) is 2.42. The highest BCUT2D eigenvalue weighted by molar-refractivity contribution is 6.05. The first-order chi connectivity index (χ1) is 9.09. The number of benzene rings is 1. The van der Waals surface area contributed by atoms with Crippen LogP contribution in [0.4, 0.5) is 5.69 Å². The number of anilines is 1. The summed E-state index contributed by atoms with van der Waals surface area (Å²) in [5.41, 5.74) is 2.07. The fourth-order valence-corrected chi connectivity index (χ4v) is 2.42. The third kappa shape index (κ3) is 3.20. The Kier molecular flexibility index (Phi) is 4.32. The molecule has 1 fully saturated rings. The summed E-state index contributed by atoms with van der Waals surface area (Å²) in [6.07, 6.45) is 1.75. The summed E-state index contributed by atoms with van der Waals surface area (Å²) in [7, 11) is 0. The van der Waals surface area contributed by atoms with Crippen LogP contribution < -0.4 is 5.32 Å². The van der Waals surface area contributed by atoms with E-state index in [2.05, 4.69) is 5.32 Å². The van der Waals surface area contributed by atoms with Crippen LogP contribution in [0.5, 0.6) is 0 Å². The topological polar surface area (TPSA) is 55.4 Å². The molecule has 1 aliphatic heterocycles. The number of aryl methyl sites for hydroxylation is 1. The van der Waals surface area contributed by atoms with Crippen LogP contribution in [0.2, 0.25) is 0 Å². The lowest BCUT2D eigenvalue weighted by atomic mass is 9.99. The van der Waals surface area contributed by atoms with Gasteiger partial charge in [0.15, 0.2) is 5.78 Å². The molecule has 19 heavy (non-hydrogen) atoms. The van der Waals surface area contributed by atoms with E-state index in [1.54, 1.807) is 6.07 Å². The van der Waals surface area contributed by atoms with E-state index < -0.39 is 0 Å². The summed E-state index contributed by atoms with van der Waals surface area (Å²) >= 11 is 0. The number of ketones is 1. The molecule has 1 heterocycles. The molecule has 1 N–H and O–H groups in total. The Hall–Kier alpha value is -1.68. The van der Waals surface area contributed by atoms with Crippen LogP contribution in [0, 0.1) is 12.8 Å². The zero-order valence-electron chi connectivity index (χ0n) is 11.4. The summed E-state index contributed by atoms with van der Waals surface area (Å²) in [6, 6.07) is 5.48. The van der Waals surface area contributed by atoms with E-state index in [1.165, 1.54) is 6.92 Å². The monoisotopic (exact) mass is 261 g/mol. The molecule has 0 radical (unpaired) electrons. The van der Waals surface area contributed by atoms with Crippen molar-refractivity contribution in [1.82, 2.24) is 0 Å². The van der Waals surface area contributed by atoms with Crippen molar-refractivity contribution in [3.63, 3.8) is 0 Å². The number of ether oxygens (including phenoxy) is 1. The molecule has 4 nitrogen and oxygen atoms in total. The Balaban J connectivity index is 2.16. The third-order valence-electron chi connectivity index (χ3n) is 3.41. The molecule has 0 saturated carbocycles. The van der Waals surface area contributed by atoms with E-state index >= 15 is 0 Å². The molecule has 0 bridgehead atoms. The van der Waals surface area contributed by atoms with Gasteiger partial charge in [-0.15, -0.1) is 0 Å². The van der Waals surface area contributed by atoms with E-state index in [1.807, 2.05) is 19.1 Å². The molecule has 1 amide bonds. The van der Waals surface area contributed by atoms with Gasteiger partial charge in [-0.1, -0.05) is 12.1 Å². The zero-order valence-corrected chi connectivity index (χ0v) is 11.4. The first-order valence-electron chi connectivity index (χ1n) is 6.58. The van der Waals surface area contributed by atoms with Gasteiger partial charge in [-0.2, -0.15) is 0 Å². The molecular formula is C15H19NO3. The number of carbonyl (C=O) groups is 2. The van der Waals surface area contributed by atoms with Crippen LogP contribution in [0.15, 0.2) is 18.2 Å². The minimum absolute atomic E-state index is 0.0340. The average molecular weight is 261 g/mol. The van der Waals surface area contributed by atoms with E-state index in [0.717, 1.165) is 25.0 Å². The minimum atomic E-state index is -0.117. The zero-order chi connectivity index (χ0) is 13.8. The first-order valence-corrected chi connectivity index (χ1v) is 6.58. The summed E-state index contributed by atoms with van der Waals surface area (Å²) in [4.78, 5) is 23.8. The summed E-state index contributed by atoms with van der Waals surface area (Å²) in [6.45, 7) is 4.58. The van der Waals surface area contributed by atoms with Crippen molar-refractivity contribution in [2.45, 2.75) is 26.7 Å². The van der Waals surface area contributed by atoms with Crippen molar-refractivity contribution in [2.24, 2.45) is 5.92 Å². The number of hydrogen-bond donors (Lipinski definition) is 1. The maximum Gasteiger partial charge on any atom is 0.229 e. The van der Waals surface area contributed by atoms with Gasteiger partial charge in [-0.05, 0) is 38.3 Å². The van der Waals surface area contributed by atoms with Crippen molar-refractivity contribution < 1.29 is 14.3 Å². The van der Waals surface area contributed by atoms with Crippen LogP contribution in [0.3, 0.4) is 0 Å². The van der Waals surface area contributed by atoms with Gasteiger partial charge in [-0.25, -0.2) is 0 Å². The van der Waals surface area contributed by atoms with E-state index in [0.29, 0.717) is 17.9 Å². The summed E-state index contributed by atoms with van der Waals surface area (Å²) in [5, 5.41) is 2.86. The number of amides is 1. The fraction of sp³-hybridized carbons (Fsp3) is 0.467. The molecule has 0 unspecified atom stereocenters. The van der Waals surface area contributed by atoms with Crippen molar-refractivity contribution in [3.8, 4) is 0 Å². The van der Waals surface area contributed by atoms with Crippen LogP contribution in [-0.4, -0.2) is 24.9 Å². The Morgan fingerprint density at radius 1 is 1.37 bits per heavy atom. The molecule has 0 spiro atoms. The Morgan fingerprint density at radius 3 is 2.79 bits per heavy atom. The van der Waals surface area contributed by atoms with Crippen molar-refractivity contribution >= 4 is 17.4 Å². The predicted octanol–water partition coefficient (Wildman–Crippen LogP) is 2.56. The molecule has 0 aliphatic carbocycles. The Morgan fingerprint density at radius 2 is 2.16 bits per heavy atom. The van der Waals surface area contributed by atoms with Gasteiger partial charge in [0.25, 0.3) is 0 Å². The molecule has 1 aliphatic rings. The van der Waals surface area contributed by atoms with E-state index in [9.17, 15) is 9.59 Å². The van der Waals surface area contributed by atoms with E-state index in [-0.39, 0.29) is 17.6 Å². The maximum absolute atomic E-state index is 12.2. The second-order valence-corrected chi connectivity index (χ2v) is 4.96. The van der Waals surface area contributed by atoms with Gasteiger partial charge < -0.3 is 10.1 Å². The minimum Gasteiger partial charge on any atom is -0.381 e. The lowest BCUT2D eigenvalue weighted by Crippen LogP contribution is -2.30. The molecule has 4 heteroatoms. The lowest BCUT2D eigenvalue weighted by molar-refractivity contribution is -0.123. The highest BCUT2D eigenvalue weighted by Gasteiger charge is 2.23. The largest absolute Gasteiger partial charge is 0.381 e. The highest BCUT2D eigenvalue weighted by Crippen LogP contribution is 2.22. The number of carbonyl (C=O) groups excluding carboxylic acids is 2. The number of nitrogens with one attached hydrogen (secondary N) is 1. The van der Waals surface area contributed by atoms with Gasteiger partial charge in [0.05, 0.1) is 18.2 Å². The second-order valence-electron chi connectivity index (χ2n) is 4.96. The molecule has 1 aromatic rings. The second kappa shape index (κ2) is 5.97. The standard InChI is InChI=1S/C15H19NO3/c1-10-5-3-7-13(14(10)11(2)17)16-15(18)12-6-4-8-19-9-12/h3,5,7,12H,4,6,8-9H2,1-2H3,(H,16,18)/t12-/m0/s1. The van der Waals surface area contributed by atoms with Gasteiger partial charge >= 0.3 is 0 Å². The van der Waals surface area contributed by atoms with Gasteiger partial charge in [0.2, 0.25) is 5.91 Å². The normalized spacial score (nSPS) is 18.9. The quantitative estimate of drug-likeness (QED) is 0.851. The molecule has 2 rings (SSSR count). The molecule has 1 saturated heterocycles. The Labute approximate surface area is 113 Å². The third-order valence-corrected chi connectivity index (χ3v) is 3.41. The van der Waals surface area contributed by atoms with Gasteiger partial charge in [0.1, 0.15) is 0 Å². The average Bonchev–Trinajstić information content (AvgIpc) is 2.39. The predicted molar refractivity (Wildman–Crippen MR) is 73.4 cm³/mol. The highest BCUT2D eigenvalue weighted by atomic mass is 16.5. The SMILES string of the molecule is CC(=O)c1c(C)cccc1NC(=O)[C@H]1CCCOC1. The summed E-state index contributed by atoms with van der Waals surface area (Å²) in [5.74, 6) is -0.213. The van der Waals surface area contributed by atoms with Crippen molar-refractivity contribution in [1.29, 1.82) is 0 Å². The van der Waals surface area contributed by atoms with Gasteiger partial charge in [0, 0.05) is 12.2 Å². The molecular weight excluding hydrogens is 242 g/mol. The molecule has 1 atom stereocenters. The van der Waals surface area contributed by atoms with Crippen LogP contribution in [0.25, 0.3) is 0 Å². The van der Waals surface area contributed by atoms with Crippen molar-refractivity contribution in [2.75, 3.05) is 18.5 Å². The summed E-state index contributed by atoms with van der Waals surface area (Å²) < 4.78 is 5.31. The van der Waals surface area contributed by atoms with Crippen molar-refractivity contribution in [3.05, 3.63) is 29.3 Å². The lowest BCUT2D eigenvalue weighted by Gasteiger charge is -2.22. The molecule has 1 aromatic carbocycles. The van der Waals surface area contributed by atoms with Crippen LogP contribution >= 0.6 is 0 Å². The molecule has 0 aromatic heterocycles. The van der Waals surface area contributed by atoms with E-state index in [4.69, 9.17) is 4.74 Å².